The van der Waals surface area contributed by atoms with Crippen LogP contribution in [0.1, 0.15) is 13.8 Å². The van der Waals surface area contributed by atoms with E-state index in [1.165, 1.54) is 13.8 Å². The second kappa shape index (κ2) is 4.29. The van der Waals surface area contributed by atoms with Crippen molar-refractivity contribution >= 4 is 19.5 Å². The number of methoxy groups -OCH3 is 2. The molecule has 3 N–H and O–H groups in total. The average molecular weight is 282 g/mol. The lowest BCUT2D eigenvalue weighted by Gasteiger charge is -2.36. The lowest BCUT2D eigenvalue weighted by atomic mass is 10.1. The third-order valence-corrected chi connectivity index (χ3v) is 3.84. The molecule has 3 amide bonds. The molecule has 9 nitrogen and oxygen atoms in total. The highest BCUT2D eigenvalue weighted by Crippen LogP contribution is 2.54. The standard InChI is InChI=1S/C8H15N2O7P/c1-7(2)5(11)10(6(12)9-7)8(16-3,17-4)18(13,14)15/h1-4H3,(H,9,12)(H2,13,14,15). The van der Waals surface area contributed by atoms with Crippen molar-refractivity contribution < 1.29 is 33.4 Å². The van der Waals surface area contributed by atoms with Crippen LogP contribution in [0.3, 0.4) is 0 Å². The number of ether oxygens (including phenoxy) is 2. The number of hydrogen-bond donors (Lipinski definition) is 3. The van der Waals surface area contributed by atoms with Gasteiger partial charge in [0.25, 0.3) is 5.91 Å². The maximum Gasteiger partial charge on any atom is 0.408 e. The molecule has 0 aromatic rings. The molecule has 0 saturated carbocycles. The molecular weight excluding hydrogens is 267 g/mol. The zero-order chi connectivity index (χ0) is 14.4. The van der Waals surface area contributed by atoms with Crippen molar-refractivity contribution in [1.82, 2.24) is 10.2 Å². The van der Waals surface area contributed by atoms with E-state index in [2.05, 4.69) is 14.8 Å². The molecule has 1 saturated heterocycles. The molecule has 1 heterocycles. The third kappa shape index (κ3) is 1.94. The van der Waals surface area contributed by atoms with Gasteiger partial charge in [-0.3, -0.25) is 9.36 Å². The maximum absolute atomic E-state index is 12.0. The first-order valence-electron chi connectivity index (χ1n) is 4.86. The van der Waals surface area contributed by atoms with Gasteiger partial charge in [-0.1, -0.05) is 0 Å². The minimum atomic E-state index is -5.09. The number of urea groups is 1. The molecule has 104 valence electrons. The molecule has 1 fully saturated rings. The van der Waals surface area contributed by atoms with E-state index in [4.69, 9.17) is 0 Å². The largest absolute Gasteiger partial charge is 0.408 e. The van der Waals surface area contributed by atoms with E-state index in [-0.39, 0.29) is 4.90 Å². The lowest BCUT2D eigenvalue weighted by Crippen LogP contribution is -2.55. The molecule has 0 atom stereocenters. The summed E-state index contributed by atoms with van der Waals surface area (Å²) in [5, 5.41) is 2.27. The highest BCUT2D eigenvalue weighted by atomic mass is 31.2. The summed E-state index contributed by atoms with van der Waals surface area (Å²) < 4.78 is 20.7. The van der Waals surface area contributed by atoms with Crippen LogP contribution >= 0.6 is 7.60 Å². The number of rotatable bonds is 4. The first kappa shape index (κ1) is 15.1. The SMILES string of the molecule is COC(OC)(N1C(=O)NC(C)(C)C1=O)P(=O)(O)O. The Labute approximate surface area is 103 Å². The van der Waals surface area contributed by atoms with E-state index in [0.717, 1.165) is 14.2 Å². The summed E-state index contributed by atoms with van der Waals surface area (Å²) in [4.78, 5) is 42.5. The van der Waals surface area contributed by atoms with Gasteiger partial charge in [0.1, 0.15) is 5.54 Å². The molecule has 10 heteroatoms. The summed E-state index contributed by atoms with van der Waals surface area (Å²) in [5.41, 5.74) is -4.06. The molecule has 1 rings (SSSR count). The first-order valence-corrected chi connectivity index (χ1v) is 6.47. The molecule has 0 unspecified atom stereocenters. The zero-order valence-corrected chi connectivity index (χ0v) is 11.2. The summed E-state index contributed by atoms with van der Waals surface area (Å²) in [6, 6.07) is -1.00. The fourth-order valence-corrected chi connectivity index (χ4v) is 2.56. The zero-order valence-electron chi connectivity index (χ0n) is 10.3. The summed E-state index contributed by atoms with van der Waals surface area (Å²) in [7, 11) is -3.24. The molecule has 0 bridgehead atoms. The van der Waals surface area contributed by atoms with Crippen molar-refractivity contribution in [3.05, 3.63) is 0 Å². The number of nitrogens with zero attached hydrogens (tertiary/aromatic N) is 1. The van der Waals surface area contributed by atoms with E-state index in [1.807, 2.05) is 0 Å². The van der Waals surface area contributed by atoms with E-state index in [0.29, 0.717) is 0 Å². The van der Waals surface area contributed by atoms with Crippen molar-refractivity contribution in [1.29, 1.82) is 0 Å². The van der Waals surface area contributed by atoms with Crippen molar-refractivity contribution in [2.45, 2.75) is 25.0 Å². The lowest BCUT2D eigenvalue weighted by molar-refractivity contribution is -0.224. The highest BCUT2D eigenvalue weighted by molar-refractivity contribution is 7.53. The predicted octanol–water partition coefficient (Wildman–Crippen LogP) is -0.601. The second-order valence-corrected chi connectivity index (χ2v) is 5.85. The summed E-state index contributed by atoms with van der Waals surface area (Å²) in [5.74, 6) is -0.862. The van der Waals surface area contributed by atoms with Crippen LogP contribution in [0.5, 0.6) is 0 Å². The van der Waals surface area contributed by atoms with Crippen molar-refractivity contribution in [3.63, 3.8) is 0 Å². The topological polar surface area (TPSA) is 125 Å². The smallest absolute Gasteiger partial charge is 0.326 e. The van der Waals surface area contributed by atoms with Crippen LogP contribution in [0.2, 0.25) is 0 Å². The van der Waals surface area contributed by atoms with Crippen LogP contribution in [-0.2, 0) is 18.8 Å². The molecule has 0 spiro atoms. The normalized spacial score (nSPS) is 20.2. The van der Waals surface area contributed by atoms with Gasteiger partial charge in [0.05, 0.1) is 0 Å². The van der Waals surface area contributed by atoms with Gasteiger partial charge in [0.2, 0.25) is 0 Å². The number of imide groups is 1. The Bertz CT molecular complexity index is 425. The van der Waals surface area contributed by atoms with Gasteiger partial charge >= 0.3 is 19.3 Å². The van der Waals surface area contributed by atoms with Gasteiger partial charge in [-0.25, -0.2) is 4.79 Å². The van der Waals surface area contributed by atoms with Crippen LogP contribution < -0.4 is 5.32 Å². The fraction of sp³-hybridized carbons (Fsp3) is 0.750. The molecular formula is C8H15N2O7P. The number of carbonyl (C=O) groups is 2. The molecule has 18 heavy (non-hydrogen) atoms. The monoisotopic (exact) mass is 282 g/mol. The summed E-state index contributed by atoms with van der Waals surface area (Å²) >= 11 is 0. The molecule has 0 radical (unpaired) electrons. The molecule has 1 aliphatic heterocycles. The quantitative estimate of drug-likeness (QED) is 0.357. The average Bonchev–Trinajstić information content (AvgIpc) is 2.40. The first-order chi connectivity index (χ1) is 8.03. The Morgan fingerprint density at radius 3 is 1.94 bits per heavy atom. The van der Waals surface area contributed by atoms with Crippen LogP contribution in [0.15, 0.2) is 0 Å². The highest BCUT2D eigenvalue weighted by Gasteiger charge is 2.64. The minimum absolute atomic E-state index is 0.258. The minimum Gasteiger partial charge on any atom is -0.326 e. The Hall–Kier alpha value is -0.990. The molecule has 1 aliphatic rings. The summed E-state index contributed by atoms with van der Waals surface area (Å²) in [6.45, 7) is 2.78. The molecule has 0 aliphatic carbocycles. The number of hydrogen-bond acceptors (Lipinski definition) is 5. The Kier molecular flexibility index (Phi) is 3.59. The van der Waals surface area contributed by atoms with Crippen LogP contribution in [0.4, 0.5) is 4.79 Å². The fourth-order valence-electron chi connectivity index (χ4n) is 1.64. The predicted molar refractivity (Wildman–Crippen MR) is 58.2 cm³/mol. The van der Waals surface area contributed by atoms with Gasteiger partial charge in [-0.15, -0.1) is 0 Å². The second-order valence-electron chi connectivity index (χ2n) is 4.20. The van der Waals surface area contributed by atoms with Crippen molar-refractivity contribution in [3.8, 4) is 0 Å². The van der Waals surface area contributed by atoms with Gasteiger partial charge < -0.3 is 24.6 Å². The van der Waals surface area contributed by atoms with Gasteiger partial charge in [0, 0.05) is 14.2 Å². The number of nitrogens with one attached hydrogen (secondary N) is 1. The van der Waals surface area contributed by atoms with E-state index in [9.17, 15) is 23.9 Å². The number of amides is 3. The van der Waals surface area contributed by atoms with E-state index in [1.54, 1.807) is 0 Å². The van der Waals surface area contributed by atoms with Crippen LogP contribution in [0.25, 0.3) is 0 Å². The van der Waals surface area contributed by atoms with Gasteiger partial charge in [-0.2, -0.15) is 4.90 Å². The Morgan fingerprint density at radius 1 is 1.28 bits per heavy atom. The Morgan fingerprint density at radius 2 is 1.72 bits per heavy atom. The third-order valence-electron chi connectivity index (χ3n) is 2.54. The number of carbonyl (C=O) groups excluding carboxylic acids is 2. The van der Waals surface area contributed by atoms with Gasteiger partial charge in [-0.05, 0) is 13.8 Å². The summed E-state index contributed by atoms with van der Waals surface area (Å²) in [6.07, 6.45) is 0. The Balaban J connectivity index is 3.38. The van der Waals surface area contributed by atoms with Crippen LogP contribution in [-0.4, -0.2) is 52.0 Å². The molecule has 0 aromatic carbocycles. The van der Waals surface area contributed by atoms with E-state index < -0.39 is 30.7 Å². The van der Waals surface area contributed by atoms with Crippen molar-refractivity contribution in [2.75, 3.05) is 14.2 Å². The van der Waals surface area contributed by atoms with Crippen molar-refractivity contribution in [2.24, 2.45) is 0 Å². The van der Waals surface area contributed by atoms with Crippen LogP contribution in [0, 0.1) is 0 Å². The maximum atomic E-state index is 12.0. The molecule has 0 aromatic heterocycles. The van der Waals surface area contributed by atoms with E-state index >= 15 is 0 Å². The van der Waals surface area contributed by atoms with Gasteiger partial charge in [0.15, 0.2) is 0 Å².